The van der Waals surface area contributed by atoms with Gasteiger partial charge >= 0.3 is 0 Å². The second-order valence-corrected chi connectivity index (χ2v) is 4.38. The highest BCUT2D eigenvalue weighted by molar-refractivity contribution is 6.67. The van der Waals surface area contributed by atoms with Crippen molar-refractivity contribution in [3.63, 3.8) is 0 Å². The molecule has 1 aromatic heterocycles. The lowest BCUT2D eigenvalue weighted by Gasteiger charge is -2.12. The Kier molecular flexibility index (Phi) is 3.71. The first-order valence-corrected chi connectivity index (χ1v) is 5.98. The summed E-state index contributed by atoms with van der Waals surface area (Å²) in [5, 5.41) is -0.762. The third-order valence-electron chi connectivity index (χ3n) is 2.79. The number of methoxy groups -OCH3 is 1. The Labute approximate surface area is 115 Å². The van der Waals surface area contributed by atoms with Crippen LogP contribution in [0.5, 0.6) is 5.75 Å². The highest BCUT2D eigenvalue weighted by atomic mass is 35.5. The van der Waals surface area contributed by atoms with Crippen LogP contribution in [0.2, 0.25) is 0 Å². The summed E-state index contributed by atoms with van der Waals surface area (Å²) in [7, 11) is 1.57. The number of aromatic nitrogens is 1. The Morgan fingerprint density at radius 3 is 2.68 bits per heavy atom. The Morgan fingerprint density at radius 2 is 2.05 bits per heavy atom. The molecule has 0 saturated carbocycles. The van der Waals surface area contributed by atoms with E-state index in [0.29, 0.717) is 11.4 Å². The van der Waals surface area contributed by atoms with Gasteiger partial charge in [-0.05, 0) is 30.7 Å². The van der Waals surface area contributed by atoms with Crippen molar-refractivity contribution in [2.24, 2.45) is 0 Å². The first kappa shape index (κ1) is 13.4. The SMILES string of the molecule is COc1cccc(-n2cc(C(=O)Cl)c(=O)cc2C)c1. The number of aryl methyl sites for hydroxylation is 1. The molecule has 0 unspecified atom stereocenters. The number of benzene rings is 1. The molecule has 0 aliphatic carbocycles. The van der Waals surface area contributed by atoms with Gasteiger partial charge in [0.15, 0.2) is 5.43 Å². The molecule has 0 spiro atoms. The van der Waals surface area contributed by atoms with Crippen molar-refractivity contribution in [2.45, 2.75) is 6.92 Å². The summed E-state index contributed by atoms with van der Waals surface area (Å²) in [4.78, 5) is 22.9. The highest BCUT2D eigenvalue weighted by Crippen LogP contribution is 2.18. The molecule has 0 radical (unpaired) electrons. The van der Waals surface area contributed by atoms with Crippen molar-refractivity contribution in [3.8, 4) is 11.4 Å². The number of ether oxygens (including phenoxy) is 1. The fourth-order valence-electron chi connectivity index (χ4n) is 1.82. The van der Waals surface area contributed by atoms with E-state index in [1.807, 2.05) is 18.2 Å². The largest absolute Gasteiger partial charge is 0.497 e. The normalized spacial score (nSPS) is 10.3. The van der Waals surface area contributed by atoms with Crippen LogP contribution in [0.4, 0.5) is 0 Å². The van der Waals surface area contributed by atoms with Gasteiger partial charge in [-0.15, -0.1) is 0 Å². The van der Waals surface area contributed by atoms with Crippen molar-refractivity contribution < 1.29 is 9.53 Å². The van der Waals surface area contributed by atoms with Gasteiger partial charge in [0.1, 0.15) is 5.75 Å². The van der Waals surface area contributed by atoms with Gasteiger partial charge in [0.05, 0.1) is 12.7 Å². The van der Waals surface area contributed by atoms with Crippen LogP contribution >= 0.6 is 11.6 Å². The van der Waals surface area contributed by atoms with Crippen molar-refractivity contribution in [2.75, 3.05) is 7.11 Å². The van der Waals surface area contributed by atoms with Crippen LogP contribution in [0, 0.1) is 6.92 Å². The molecule has 2 rings (SSSR count). The van der Waals surface area contributed by atoms with E-state index in [1.54, 1.807) is 24.7 Å². The van der Waals surface area contributed by atoms with E-state index in [9.17, 15) is 9.59 Å². The molecule has 19 heavy (non-hydrogen) atoms. The lowest BCUT2D eigenvalue weighted by atomic mass is 10.2. The van der Waals surface area contributed by atoms with E-state index >= 15 is 0 Å². The Hall–Kier alpha value is -2.07. The second kappa shape index (κ2) is 5.28. The van der Waals surface area contributed by atoms with Gasteiger partial charge in [0, 0.05) is 29.7 Å². The van der Waals surface area contributed by atoms with E-state index < -0.39 is 5.24 Å². The van der Waals surface area contributed by atoms with Crippen LogP contribution in [-0.2, 0) is 0 Å². The van der Waals surface area contributed by atoms with E-state index in [-0.39, 0.29) is 11.0 Å². The van der Waals surface area contributed by atoms with Gasteiger partial charge in [-0.1, -0.05) is 6.07 Å². The maximum atomic E-state index is 11.6. The minimum atomic E-state index is -0.762. The number of carbonyl (C=O) groups excluding carboxylic acids is 1. The summed E-state index contributed by atoms with van der Waals surface area (Å²) in [6, 6.07) is 8.68. The van der Waals surface area contributed by atoms with Gasteiger partial charge in [0.25, 0.3) is 5.24 Å². The smallest absolute Gasteiger partial charge is 0.257 e. The van der Waals surface area contributed by atoms with Crippen molar-refractivity contribution in [1.29, 1.82) is 0 Å². The van der Waals surface area contributed by atoms with Gasteiger partial charge in [0.2, 0.25) is 0 Å². The lowest BCUT2D eigenvalue weighted by Crippen LogP contribution is -2.16. The summed E-state index contributed by atoms with van der Waals surface area (Å²) in [6.07, 6.45) is 1.45. The molecule has 5 heteroatoms. The maximum absolute atomic E-state index is 11.6. The molecule has 2 aromatic rings. The van der Waals surface area contributed by atoms with Crippen molar-refractivity contribution in [1.82, 2.24) is 4.57 Å². The molecule has 1 aromatic carbocycles. The van der Waals surface area contributed by atoms with E-state index in [1.165, 1.54) is 12.3 Å². The number of pyridine rings is 1. The number of halogens is 1. The van der Waals surface area contributed by atoms with Crippen LogP contribution in [0.1, 0.15) is 16.1 Å². The minimum absolute atomic E-state index is 0.0462. The molecule has 0 amide bonds. The minimum Gasteiger partial charge on any atom is -0.497 e. The average molecular weight is 278 g/mol. The van der Waals surface area contributed by atoms with Crippen LogP contribution in [0.25, 0.3) is 5.69 Å². The Morgan fingerprint density at radius 1 is 1.32 bits per heavy atom. The third kappa shape index (κ3) is 2.69. The third-order valence-corrected chi connectivity index (χ3v) is 2.99. The summed E-state index contributed by atoms with van der Waals surface area (Å²) in [5.74, 6) is 0.689. The molecule has 0 bridgehead atoms. The summed E-state index contributed by atoms with van der Waals surface area (Å²) < 4.78 is 6.87. The van der Waals surface area contributed by atoms with Crippen LogP contribution in [0.3, 0.4) is 0 Å². The zero-order chi connectivity index (χ0) is 14.0. The highest BCUT2D eigenvalue weighted by Gasteiger charge is 2.11. The molecule has 0 fully saturated rings. The second-order valence-electron chi connectivity index (χ2n) is 4.04. The van der Waals surface area contributed by atoms with Gasteiger partial charge in [-0.25, -0.2) is 0 Å². The summed E-state index contributed by atoms with van der Waals surface area (Å²) in [5.41, 5.74) is 1.07. The first-order chi connectivity index (χ1) is 9.02. The number of nitrogens with zero attached hydrogens (tertiary/aromatic N) is 1. The first-order valence-electron chi connectivity index (χ1n) is 5.60. The van der Waals surface area contributed by atoms with Crippen molar-refractivity contribution in [3.05, 3.63) is 58.0 Å². The van der Waals surface area contributed by atoms with Crippen molar-refractivity contribution >= 4 is 16.8 Å². The zero-order valence-electron chi connectivity index (χ0n) is 10.5. The standard InChI is InChI=1S/C14H12ClNO3/c1-9-6-13(17)12(14(15)18)8-16(9)10-4-3-5-11(7-10)19-2/h3-8H,1-2H3. The molecule has 1 heterocycles. The molecule has 98 valence electrons. The zero-order valence-corrected chi connectivity index (χ0v) is 11.3. The van der Waals surface area contributed by atoms with Crippen LogP contribution in [-0.4, -0.2) is 16.9 Å². The predicted octanol–water partition coefficient (Wildman–Crippen LogP) is 2.53. The number of hydrogen-bond acceptors (Lipinski definition) is 3. The molecule has 0 N–H and O–H groups in total. The van der Waals surface area contributed by atoms with Gasteiger partial charge in [-0.3, -0.25) is 9.59 Å². The molecular weight excluding hydrogens is 266 g/mol. The maximum Gasteiger partial charge on any atom is 0.257 e. The van der Waals surface area contributed by atoms with E-state index in [2.05, 4.69) is 0 Å². The molecule has 0 atom stereocenters. The van der Waals surface area contributed by atoms with E-state index in [4.69, 9.17) is 16.3 Å². The molecule has 0 saturated heterocycles. The fraction of sp³-hybridized carbons (Fsp3) is 0.143. The Balaban J connectivity index is 2.64. The number of hydrogen-bond donors (Lipinski definition) is 0. The van der Waals surface area contributed by atoms with Gasteiger partial charge in [-0.2, -0.15) is 0 Å². The number of carbonyl (C=O) groups is 1. The quantitative estimate of drug-likeness (QED) is 0.810. The van der Waals surface area contributed by atoms with E-state index in [0.717, 1.165) is 5.69 Å². The summed E-state index contributed by atoms with van der Waals surface area (Å²) in [6.45, 7) is 1.78. The summed E-state index contributed by atoms with van der Waals surface area (Å²) >= 11 is 5.40. The fourth-order valence-corrected chi connectivity index (χ4v) is 1.96. The van der Waals surface area contributed by atoms with Crippen LogP contribution < -0.4 is 10.2 Å². The topological polar surface area (TPSA) is 48.3 Å². The molecule has 4 nitrogen and oxygen atoms in total. The molecule has 0 aliphatic heterocycles. The lowest BCUT2D eigenvalue weighted by molar-refractivity contribution is 0.108. The molecule has 0 aliphatic rings. The number of rotatable bonds is 3. The average Bonchev–Trinajstić information content (AvgIpc) is 2.38. The monoisotopic (exact) mass is 277 g/mol. The predicted molar refractivity (Wildman–Crippen MR) is 73.5 cm³/mol. The molecular formula is C14H12ClNO3. The van der Waals surface area contributed by atoms with Crippen LogP contribution in [0.15, 0.2) is 41.3 Å². The van der Waals surface area contributed by atoms with Gasteiger partial charge < -0.3 is 9.30 Å². The Bertz CT molecular complexity index is 691.